The Balaban J connectivity index is 1.92. The van der Waals surface area contributed by atoms with Gasteiger partial charge in [0.2, 0.25) is 0 Å². The Morgan fingerprint density at radius 3 is 2.24 bits per heavy atom. The normalized spacial score (nSPS) is 10.5. The summed E-state index contributed by atoms with van der Waals surface area (Å²) in [5.41, 5.74) is 2.94. The standard InChI is InChI=1S/C18H21NO2/c1-13(2)21-17-10-8-16(9-11-17)18(20)19-12-15-6-4-14(3)5-7-15/h4-11,13H,12H2,1-3H3,(H,19,20). The van der Waals surface area contributed by atoms with Gasteiger partial charge in [-0.05, 0) is 50.6 Å². The summed E-state index contributed by atoms with van der Waals surface area (Å²) in [6, 6.07) is 15.3. The van der Waals surface area contributed by atoms with Gasteiger partial charge in [-0.3, -0.25) is 4.79 Å². The minimum absolute atomic E-state index is 0.0772. The molecule has 0 atom stereocenters. The summed E-state index contributed by atoms with van der Waals surface area (Å²) in [4.78, 5) is 12.1. The van der Waals surface area contributed by atoms with E-state index in [1.165, 1.54) is 5.56 Å². The number of amides is 1. The molecule has 110 valence electrons. The van der Waals surface area contributed by atoms with Crippen LogP contribution in [-0.4, -0.2) is 12.0 Å². The number of nitrogens with one attached hydrogen (secondary N) is 1. The maximum absolute atomic E-state index is 12.1. The average molecular weight is 283 g/mol. The van der Waals surface area contributed by atoms with Crippen molar-refractivity contribution in [2.24, 2.45) is 0 Å². The van der Waals surface area contributed by atoms with Crippen LogP contribution >= 0.6 is 0 Å². The second-order valence-corrected chi connectivity index (χ2v) is 5.36. The van der Waals surface area contributed by atoms with Gasteiger partial charge in [-0.25, -0.2) is 0 Å². The monoisotopic (exact) mass is 283 g/mol. The number of carbonyl (C=O) groups excluding carboxylic acids is 1. The van der Waals surface area contributed by atoms with Crippen LogP contribution in [0.3, 0.4) is 0 Å². The third-order valence-corrected chi connectivity index (χ3v) is 3.06. The van der Waals surface area contributed by atoms with Crippen molar-refractivity contribution >= 4 is 5.91 Å². The Morgan fingerprint density at radius 2 is 1.67 bits per heavy atom. The van der Waals surface area contributed by atoms with Crippen molar-refractivity contribution in [3.63, 3.8) is 0 Å². The molecule has 3 heteroatoms. The molecule has 2 aromatic carbocycles. The Kier molecular flexibility index (Phi) is 4.99. The number of ether oxygens (including phenoxy) is 1. The number of benzene rings is 2. The summed E-state index contributed by atoms with van der Waals surface area (Å²) in [7, 11) is 0. The van der Waals surface area contributed by atoms with Gasteiger partial charge in [-0.1, -0.05) is 29.8 Å². The van der Waals surface area contributed by atoms with Crippen molar-refractivity contribution in [1.82, 2.24) is 5.32 Å². The van der Waals surface area contributed by atoms with Gasteiger partial charge in [-0.15, -0.1) is 0 Å². The van der Waals surface area contributed by atoms with Crippen LogP contribution in [0.1, 0.15) is 35.3 Å². The van der Waals surface area contributed by atoms with Gasteiger partial charge < -0.3 is 10.1 Å². The molecule has 0 aliphatic carbocycles. The van der Waals surface area contributed by atoms with E-state index in [1.54, 1.807) is 12.1 Å². The second-order valence-electron chi connectivity index (χ2n) is 5.36. The molecule has 0 radical (unpaired) electrons. The van der Waals surface area contributed by atoms with Crippen molar-refractivity contribution < 1.29 is 9.53 Å². The number of hydrogen-bond donors (Lipinski definition) is 1. The molecule has 0 heterocycles. The van der Waals surface area contributed by atoms with Gasteiger partial charge in [0.05, 0.1) is 6.10 Å². The SMILES string of the molecule is Cc1ccc(CNC(=O)c2ccc(OC(C)C)cc2)cc1. The first kappa shape index (κ1) is 15.1. The summed E-state index contributed by atoms with van der Waals surface area (Å²) in [5.74, 6) is 0.701. The molecule has 0 spiro atoms. The molecule has 0 saturated carbocycles. The Hall–Kier alpha value is -2.29. The highest BCUT2D eigenvalue weighted by molar-refractivity contribution is 5.94. The van der Waals surface area contributed by atoms with Crippen molar-refractivity contribution in [1.29, 1.82) is 0 Å². The van der Waals surface area contributed by atoms with Crippen molar-refractivity contribution in [3.8, 4) is 5.75 Å². The lowest BCUT2D eigenvalue weighted by molar-refractivity contribution is 0.0951. The van der Waals surface area contributed by atoms with E-state index in [-0.39, 0.29) is 12.0 Å². The van der Waals surface area contributed by atoms with E-state index in [1.807, 2.05) is 57.2 Å². The van der Waals surface area contributed by atoms with Crippen LogP contribution in [0, 0.1) is 6.92 Å². The van der Waals surface area contributed by atoms with Gasteiger partial charge in [0.25, 0.3) is 5.91 Å². The molecule has 0 aliphatic heterocycles. The van der Waals surface area contributed by atoms with Crippen LogP contribution in [0.2, 0.25) is 0 Å². The highest BCUT2D eigenvalue weighted by Gasteiger charge is 2.06. The molecule has 0 aliphatic rings. The average Bonchev–Trinajstić information content (AvgIpc) is 2.46. The Labute approximate surface area is 126 Å². The first-order valence-corrected chi connectivity index (χ1v) is 7.15. The predicted molar refractivity (Wildman–Crippen MR) is 84.6 cm³/mol. The molecule has 21 heavy (non-hydrogen) atoms. The van der Waals surface area contributed by atoms with Crippen molar-refractivity contribution in [2.75, 3.05) is 0 Å². The van der Waals surface area contributed by atoms with Gasteiger partial charge in [0, 0.05) is 12.1 Å². The zero-order valence-electron chi connectivity index (χ0n) is 12.7. The highest BCUT2D eigenvalue weighted by atomic mass is 16.5. The number of hydrogen-bond acceptors (Lipinski definition) is 2. The number of carbonyl (C=O) groups is 1. The third-order valence-electron chi connectivity index (χ3n) is 3.06. The van der Waals surface area contributed by atoms with Gasteiger partial charge in [-0.2, -0.15) is 0 Å². The molecule has 0 fully saturated rings. The molecule has 0 unspecified atom stereocenters. The summed E-state index contributed by atoms with van der Waals surface area (Å²) in [6.07, 6.45) is 0.131. The molecule has 2 rings (SSSR count). The zero-order chi connectivity index (χ0) is 15.2. The van der Waals surface area contributed by atoms with Crippen LogP contribution in [0.5, 0.6) is 5.75 Å². The maximum Gasteiger partial charge on any atom is 0.251 e. The lowest BCUT2D eigenvalue weighted by Gasteiger charge is -2.10. The molecular weight excluding hydrogens is 262 g/mol. The molecule has 0 aromatic heterocycles. The second kappa shape index (κ2) is 6.93. The fraction of sp³-hybridized carbons (Fsp3) is 0.278. The summed E-state index contributed by atoms with van der Waals surface area (Å²) >= 11 is 0. The number of rotatable bonds is 5. The van der Waals surface area contributed by atoms with Crippen molar-refractivity contribution in [3.05, 3.63) is 65.2 Å². The molecule has 0 bridgehead atoms. The maximum atomic E-state index is 12.1. The number of aryl methyl sites for hydroxylation is 1. The zero-order valence-corrected chi connectivity index (χ0v) is 12.7. The van der Waals surface area contributed by atoms with Gasteiger partial charge in [0.15, 0.2) is 0 Å². The summed E-state index contributed by atoms with van der Waals surface area (Å²) in [5, 5.41) is 2.92. The fourth-order valence-electron chi connectivity index (χ4n) is 1.95. The minimum atomic E-state index is -0.0772. The van der Waals surface area contributed by atoms with E-state index in [0.29, 0.717) is 12.1 Å². The van der Waals surface area contributed by atoms with Crippen molar-refractivity contribution in [2.45, 2.75) is 33.4 Å². The van der Waals surface area contributed by atoms with Gasteiger partial charge >= 0.3 is 0 Å². The highest BCUT2D eigenvalue weighted by Crippen LogP contribution is 2.14. The van der Waals surface area contributed by atoms with Crippen LogP contribution < -0.4 is 10.1 Å². The Bertz CT molecular complexity index is 586. The topological polar surface area (TPSA) is 38.3 Å². The molecule has 1 N–H and O–H groups in total. The van der Waals surface area contributed by atoms with Crippen LogP contribution in [0.4, 0.5) is 0 Å². The van der Waals surface area contributed by atoms with E-state index in [0.717, 1.165) is 11.3 Å². The van der Waals surface area contributed by atoms with E-state index in [9.17, 15) is 4.79 Å². The largest absolute Gasteiger partial charge is 0.491 e. The Morgan fingerprint density at radius 1 is 1.05 bits per heavy atom. The molecule has 3 nitrogen and oxygen atoms in total. The summed E-state index contributed by atoms with van der Waals surface area (Å²) in [6.45, 7) is 6.52. The molecular formula is C18H21NO2. The first-order chi connectivity index (χ1) is 10.0. The van der Waals surface area contributed by atoms with Crippen LogP contribution in [-0.2, 0) is 6.54 Å². The van der Waals surface area contributed by atoms with E-state index in [2.05, 4.69) is 5.32 Å². The van der Waals surface area contributed by atoms with E-state index >= 15 is 0 Å². The smallest absolute Gasteiger partial charge is 0.251 e. The lowest BCUT2D eigenvalue weighted by atomic mass is 10.1. The first-order valence-electron chi connectivity index (χ1n) is 7.15. The predicted octanol–water partition coefficient (Wildman–Crippen LogP) is 3.71. The molecule has 0 saturated heterocycles. The summed E-state index contributed by atoms with van der Waals surface area (Å²) < 4.78 is 5.56. The van der Waals surface area contributed by atoms with Crippen LogP contribution in [0.15, 0.2) is 48.5 Å². The lowest BCUT2D eigenvalue weighted by Crippen LogP contribution is -2.22. The quantitative estimate of drug-likeness (QED) is 0.908. The van der Waals surface area contributed by atoms with E-state index < -0.39 is 0 Å². The van der Waals surface area contributed by atoms with Crippen LogP contribution in [0.25, 0.3) is 0 Å². The van der Waals surface area contributed by atoms with E-state index in [4.69, 9.17) is 4.74 Å². The molecule has 1 amide bonds. The minimum Gasteiger partial charge on any atom is -0.491 e. The van der Waals surface area contributed by atoms with Gasteiger partial charge in [0.1, 0.15) is 5.75 Å². The fourth-order valence-corrected chi connectivity index (χ4v) is 1.95. The molecule has 2 aromatic rings. The third kappa shape index (κ3) is 4.63.